The first kappa shape index (κ1) is 20.0. The van der Waals surface area contributed by atoms with Gasteiger partial charge in [0, 0.05) is 11.1 Å². The van der Waals surface area contributed by atoms with Gasteiger partial charge in [-0.15, -0.1) is 0 Å². The molecule has 142 valence electrons. The normalized spacial score (nSPS) is 16.8. The van der Waals surface area contributed by atoms with Gasteiger partial charge < -0.3 is 10.1 Å². The van der Waals surface area contributed by atoms with E-state index in [1.807, 2.05) is 0 Å². The van der Waals surface area contributed by atoms with Crippen molar-refractivity contribution >= 4 is 26.7 Å². The number of carbonyl (C=O) groups is 2. The molecule has 1 aromatic rings. The monoisotopic (exact) mass is 380 g/mol. The SMILES string of the molecule is CCC1=C(c2ccc(OC)cc2)S(=O)(=O)N(CC(=O)NC(C)(C)C)C1=O. The molecular weight excluding hydrogens is 356 g/mol. The number of benzene rings is 1. The molecule has 0 aliphatic carbocycles. The number of methoxy groups -OCH3 is 1. The van der Waals surface area contributed by atoms with Crippen molar-refractivity contribution in [3.05, 3.63) is 35.4 Å². The van der Waals surface area contributed by atoms with E-state index in [0.29, 0.717) is 15.6 Å². The molecule has 1 N–H and O–H groups in total. The predicted molar refractivity (Wildman–Crippen MR) is 98.7 cm³/mol. The highest BCUT2D eigenvalue weighted by Crippen LogP contribution is 2.37. The van der Waals surface area contributed by atoms with Crippen molar-refractivity contribution in [2.75, 3.05) is 13.7 Å². The van der Waals surface area contributed by atoms with E-state index < -0.39 is 33.9 Å². The second-order valence-corrected chi connectivity index (χ2v) is 8.80. The third-order valence-electron chi connectivity index (χ3n) is 3.81. The van der Waals surface area contributed by atoms with Crippen molar-refractivity contribution in [3.63, 3.8) is 0 Å². The summed E-state index contributed by atoms with van der Waals surface area (Å²) in [6.07, 6.45) is 0.247. The van der Waals surface area contributed by atoms with Crippen LogP contribution in [0.1, 0.15) is 39.7 Å². The summed E-state index contributed by atoms with van der Waals surface area (Å²) in [5.74, 6) is -0.598. The Kier molecular flexibility index (Phi) is 5.46. The molecule has 2 rings (SSSR count). The molecule has 0 saturated carbocycles. The molecular formula is C18H24N2O5S. The van der Waals surface area contributed by atoms with Crippen LogP contribution in [0, 0.1) is 0 Å². The third kappa shape index (κ3) is 3.90. The Bertz CT molecular complexity index is 849. The molecule has 0 unspecified atom stereocenters. The van der Waals surface area contributed by atoms with Gasteiger partial charge in [-0.05, 0) is 57.0 Å². The van der Waals surface area contributed by atoms with Crippen LogP contribution in [-0.2, 0) is 19.6 Å². The highest BCUT2D eigenvalue weighted by atomic mass is 32.2. The summed E-state index contributed by atoms with van der Waals surface area (Å²) in [6, 6.07) is 6.44. The first-order valence-electron chi connectivity index (χ1n) is 8.27. The lowest BCUT2D eigenvalue weighted by Crippen LogP contribution is -2.47. The molecule has 0 saturated heterocycles. The van der Waals surface area contributed by atoms with Crippen molar-refractivity contribution in [2.24, 2.45) is 0 Å². The zero-order chi connectivity index (χ0) is 19.7. The van der Waals surface area contributed by atoms with Gasteiger partial charge in [-0.25, -0.2) is 12.7 Å². The van der Waals surface area contributed by atoms with E-state index >= 15 is 0 Å². The molecule has 1 aliphatic rings. The van der Waals surface area contributed by atoms with Gasteiger partial charge in [0.25, 0.3) is 15.9 Å². The number of hydrogen-bond acceptors (Lipinski definition) is 5. The van der Waals surface area contributed by atoms with Gasteiger partial charge in [-0.2, -0.15) is 0 Å². The Labute approximate surface area is 154 Å². The molecule has 0 aromatic heterocycles. The molecule has 7 nitrogen and oxygen atoms in total. The Morgan fingerprint density at radius 3 is 2.23 bits per heavy atom. The first-order valence-corrected chi connectivity index (χ1v) is 9.71. The van der Waals surface area contributed by atoms with Gasteiger partial charge in [0.05, 0.1) is 7.11 Å². The number of nitrogens with one attached hydrogen (secondary N) is 1. The van der Waals surface area contributed by atoms with Crippen LogP contribution in [0.4, 0.5) is 0 Å². The Morgan fingerprint density at radius 1 is 1.19 bits per heavy atom. The molecule has 1 aromatic carbocycles. The fourth-order valence-corrected chi connectivity index (χ4v) is 4.56. The van der Waals surface area contributed by atoms with E-state index in [1.54, 1.807) is 52.0 Å². The van der Waals surface area contributed by atoms with E-state index in [4.69, 9.17) is 4.74 Å². The highest BCUT2D eigenvalue weighted by molar-refractivity contribution is 7.99. The summed E-state index contributed by atoms with van der Waals surface area (Å²) in [5.41, 5.74) is 0.0529. The molecule has 8 heteroatoms. The zero-order valence-corrected chi connectivity index (χ0v) is 16.4. The van der Waals surface area contributed by atoms with Crippen LogP contribution < -0.4 is 10.1 Å². The molecule has 26 heavy (non-hydrogen) atoms. The second kappa shape index (κ2) is 7.11. The maximum absolute atomic E-state index is 13.0. The van der Waals surface area contributed by atoms with E-state index in [2.05, 4.69) is 5.32 Å². The van der Waals surface area contributed by atoms with E-state index in [9.17, 15) is 18.0 Å². The van der Waals surface area contributed by atoms with Crippen molar-refractivity contribution in [3.8, 4) is 5.75 Å². The Balaban J connectivity index is 2.40. The minimum Gasteiger partial charge on any atom is -0.497 e. The standard InChI is InChI=1S/C18H24N2O5S/c1-6-14-16(12-7-9-13(25-5)10-8-12)26(23,24)20(17(14)22)11-15(21)19-18(2,3)4/h7-10H,6,11H2,1-5H3,(H,19,21). The van der Waals surface area contributed by atoms with Crippen molar-refractivity contribution < 1.29 is 22.7 Å². The molecule has 0 fully saturated rings. The summed E-state index contributed by atoms with van der Waals surface area (Å²) in [6.45, 7) is 6.52. The fourth-order valence-electron chi connectivity index (χ4n) is 2.75. The Morgan fingerprint density at radius 2 is 1.77 bits per heavy atom. The van der Waals surface area contributed by atoms with Crippen LogP contribution in [0.5, 0.6) is 5.75 Å². The number of amides is 2. The van der Waals surface area contributed by atoms with Crippen molar-refractivity contribution in [2.45, 2.75) is 39.7 Å². The number of hydrogen-bond donors (Lipinski definition) is 1. The van der Waals surface area contributed by atoms with Crippen molar-refractivity contribution in [1.29, 1.82) is 0 Å². The van der Waals surface area contributed by atoms with Gasteiger partial charge in [0.1, 0.15) is 17.2 Å². The fraction of sp³-hybridized carbons (Fsp3) is 0.444. The van der Waals surface area contributed by atoms with Crippen LogP contribution in [0.3, 0.4) is 0 Å². The molecule has 0 radical (unpaired) electrons. The molecule has 2 amide bonds. The molecule has 0 spiro atoms. The maximum Gasteiger partial charge on any atom is 0.268 e. The summed E-state index contributed by atoms with van der Waals surface area (Å²) in [7, 11) is -2.59. The van der Waals surface area contributed by atoms with E-state index in [0.717, 1.165) is 0 Å². The maximum atomic E-state index is 13.0. The summed E-state index contributed by atoms with van der Waals surface area (Å²) in [5, 5.41) is 2.67. The average Bonchev–Trinajstić information content (AvgIpc) is 2.73. The number of sulfonamides is 1. The lowest BCUT2D eigenvalue weighted by Gasteiger charge is -2.23. The minimum absolute atomic E-state index is 0.0452. The van der Waals surface area contributed by atoms with Crippen LogP contribution in [-0.4, -0.2) is 43.7 Å². The summed E-state index contributed by atoms with van der Waals surface area (Å²) in [4.78, 5) is 24.8. The molecule has 0 atom stereocenters. The summed E-state index contributed by atoms with van der Waals surface area (Å²) < 4.78 is 31.7. The van der Waals surface area contributed by atoms with Gasteiger partial charge >= 0.3 is 0 Å². The van der Waals surface area contributed by atoms with Gasteiger partial charge in [0.2, 0.25) is 5.91 Å². The second-order valence-electron chi connectivity index (χ2n) is 7.00. The summed E-state index contributed by atoms with van der Waals surface area (Å²) >= 11 is 0. The van der Waals surface area contributed by atoms with E-state index in [-0.39, 0.29) is 16.9 Å². The minimum atomic E-state index is -4.10. The smallest absolute Gasteiger partial charge is 0.268 e. The first-order chi connectivity index (χ1) is 12.0. The lowest BCUT2D eigenvalue weighted by atomic mass is 10.1. The van der Waals surface area contributed by atoms with E-state index in [1.165, 1.54) is 7.11 Å². The van der Waals surface area contributed by atoms with Gasteiger partial charge in [-0.3, -0.25) is 9.59 Å². The van der Waals surface area contributed by atoms with Gasteiger partial charge in [0.15, 0.2) is 0 Å². The molecule has 0 bridgehead atoms. The quantitative estimate of drug-likeness (QED) is 0.842. The van der Waals surface area contributed by atoms with Crippen molar-refractivity contribution in [1.82, 2.24) is 9.62 Å². The predicted octanol–water partition coefficient (Wildman–Crippen LogP) is 1.90. The van der Waals surface area contributed by atoms with Crippen LogP contribution >= 0.6 is 0 Å². The third-order valence-corrected chi connectivity index (χ3v) is 5.69. The number of ether oxygens (including phenoxy) is 1. The largest absolute Gasteiger partial charge is 0.497 e. The number of carbonyl (C=O) groups excluding carboxylic acids is 2. The topological polar surface area (TPSA) is 92.8 Å². The molecule has 1 heterocycles. The van der Waals surface area contributed by atoms with Crippen LogP contribution in [0.15, 0.2) is 29.8 Å². The zero-order valence-electron chi connectivity index (χ0n) is 15.6. The number of rotatable bonds is 5. The highest BCUT2D eigenvalue weighted by Gasteiger charge is 2.44. The molecule has 1 aliphatic heterocycles. The van der Waals surface area contributed by atoms with Crippen LogP contribution in [0.2, 0.25) is 0 Å². The Hall–Kier alpha value is -2.35. The average molecular weight is 380 g/mol. The van der Waals surface area contributed by atoms with Gasteiger partial charge in [-0.1, -0.05) is 6.92 Å². The van der Waals surface area contributed by atoms with Crippen LogP contribution in [0.25, 0.3) is 4.91 Å². The lowest BCUT2D eigenvalue weighted by molar-refractivity contribution is -0.129. The number of nitrogens with zero attached hydrogens (tertiary/aromatic N) is 1.